The quantitative estimate of drug-likeness (QED) is 0.888. The van der Waals surface area contributed by atoms with Crippen LogP contribution in [0.15, 0.2) is 24.3 Å². The molecule has 1 aromatic carbocycles. The summed E-state index contributed by atoms with van der Waals surface area (Å²) in [5.41, 5.74) is 1.07. The van der Waals surface area contributed by atoms with Gasteiger partial charge >= 0.3 is 6.09 Å². The molecule has 2 N–H and O–H groups in total. The molecular weight excluding hydrogens is 282 g/mol. The van der Waals surface area contributed by atoms with Gasteiger partial charge in [-0.1, -0.05) is 12.1 Å². The van der Waals surface area contributed by atoms with E-state index in [-0.39, 0.29) is 6.10 Å². The van der Waals surface area contributed by atoms with Crippen molar-refractivity contribution in [1.29, 1.82) is 0 Å². The number of carboxylic acid groups (broad SMARTS) is 1. The highest BCUT2D eigenvalue weighted by Crippen LogP contribution is 2.30. The zero-order valence-corrected chi connectivity index (χ0v) is 12.7. The second-order valence-electron chi connectivity index (χ2n) is 5.81. The average molecular weight is 305 g/mol. The molecule has 0 radical (unpaired) electrons. The van der Waals surface area contributed by atoms with Crippen molar-refractivity contribution in [3.05, 3.63) is 24.3 Å². The van der Waals surface area contributed by atoms with Crippen LogP contribution in [0.1, 0.15) is 12.8 Å². The number of rotatable bonds is 3. The number of amides is 1. The van der Waals surface area contributed by atoms with E-state index in [4.69, 9.17) is 9.84 Å². The molecule has 22 heavy (non-hydrogen) atoms. The third-order valence-corrected chi connectivity index (χ3v) is 4.30. The highest BCUT2D eigenvalue weighted by molar-refractivity contribution is 5.66. The first-order chi connectivity index (χ1) is 10.7. The first kappa shape index (κ1) is 15.0. The lowest BCUT2D eigenvalue weighted by atomic mass is 10.1. The van der Waals surface area contributed by atoms with Crippen LogP contribution in [0, 0.1) is 0 Å². The van der Waals surface area contributed by atoms with Gasteiger partial charge < -0.3 is 25.0 Å². The fourth-order valence-corrected chi connectivity index (χ4v) is 3.06. The summed E-state index contributed by atoms with van der Waals surface area (Å²) < 4.78 is 6.18. The van der Waals surface area contributed by atoms with Gasteiger partial charge in [0.2, 0.25) is 0 Å². The number of piperazine rings is 1. The topological polar surface area (TPSA) is 65.0 Å². The number of nitrogens with one attached hydrogen (secondary N) is 1. The number of carbonyl (C=O) groups is 1. The first-order valence-corrected chi connectivity index (χ1v) is 7.93. The molecule has 0 aliphatic carbocycles. The van der Waals surface area contributed by atoms with E-state index in [0.29, 0.717) is 26.2 Å². The van der Waals surface area contributed by atoms with Crippen molar-refractivity contribution in [2.45, 2.75) is 18.9 Å². The normalized spacial score (nSPS) is 22.5. The van der Waals surface area contributed by atoms with E-state index in [0.717, 1.165) is 37.4 Å². The molecule has 3 rings (SSSR count). The molecule has 2 aliphatic heterocycles. The molecule has 0 spiro atoms. The molecule has 2 heterocycles. The van der Waals surface area contributed by atoms with Gasteiger partial charge in [0.1, 0.15) is 11.9 Å². The monoisotopic (exact) mass is 305 g/mol. The van der Waals surface area contributed by atoms with E-state index >= 15 is 0 Å². The number of hydrogen-bond donors (Lipinski definition) is 2. The lowest BCUT2D eigenvalue weighted by Gasteiger charge is -2.36. The van der Waals surface area contributed by atoms with Gasteiger partial charge in [0.05, 0.1) is 5.69 Å². The minimum absolute atomic E-state index is 0.218. The molecule has 1 aromatic rings. The number of anilines is 1. The van der Waals surface area contributed by atoms with Crippen LogP contribution >= 0.6 is 0 Å². The molecule has 2 saturated heterocycles. The van der Waals surface area contributed by atoms with Crippen molar-refractivity contribution in [3.8, 4) is 5.75 Å². The molecule has 1 atom stereocenters. The Morgan fingerprint density at radius 3 is 2.68 bits per heavy atom. The summed E-state index contributed by atoms with van der Waals surface area (Å²) in [5.74, 6) is 0.903. The summed E-state index contributed by atoms with van der Waals surface area (Å²) in [6, 6.07) is 8.06. The molecular formula is C16H23N3O3. The third kappa shape index (κ3) is 3.44. The molecule has 6 nitrogen and oxygen atoms in total. The van der Waals surface area contributed by atoms with E-state index in [9.17, 15) is 4.79 Å². The van der Waals surface area contributed by atoms with Crippen LogP contribution in [-0.2, 0) is 0 Å². The maximum atomic E-state index is 11.0. The summed E-state index contributed by atoms with van der Waals surface area (Å²) >= 11 is 0. The zero-order valence-electron chi connectivity index (χ0n) is 12.7. The molecule has 1 unspecified atom stereocenters. The molecule has 2 aliphatic rings. The van der Waals surface area contributed by atoms with Crippen LogP contribution < -0.4 is 15.0 Å². The Kier molecular flexibility index (Phi) is 4.68. The fraction of sp³-hybridized carbons (Fsp3) is 0.562. The summed E-state index contributed by atoms with van der Waals surface area (Å²) in [4.78, 5) is 14.7. The second-order valence-corrected chi connectivity index (χ2v) is 5.81. The number of piperidine rings is 1. The third-order valence-electron chi connectivity index (χ3n) is 4.30. The van der Waals surface area contributed by atoms with E-state index in [1.54, 1.807) is 0 Å². The second kappa shape index (κ2) is 6.87. The summed E-state index contributed by atoms with van der Waals surface area (Å²) in [6.45, 7) is 4.44. The Bertz CT molecular complexity index is 509. The van der Waals surface area contributed by atoms with E-state index < -0.39 is 6.09 Å². The Hall–Kier alpha value is -1.95. The van der Waals surface area contributed by atoms with Crippen LogP contribution in [0.25, 0.3) is 0 Å². The largest absolute Gasteiger partial charge is 0.487 e. The Morgan fingerprint density at radius 1 is 1.23 bits per heavy atom. The molecule has 0 aromatic heterocycles. The summed E-state index contributed by atoms with van der Waals surface area (Å²) in [6.07, 6.45) is 1.60. The van der Waals surface area contributed by atoms with Gasteiger partial charge in [-0.25, -0.2) is 4.79 Å². The molecule has 6 heteroatoms. The Balaban J connectivity index is 1.67. The number of hydrogen-bond acceptors (Lipinski definition) is 4. The molecule has 1 amide bonds. The molecule has 0 bridgehead atoms. The minimum Gasteiger partial charge on any atom is -0.487 e. The molecule has 0 saturated carbocycles. The highest BCUT2D eigenvalue weighted by Gasteiger charge is 2.23. The SMILES string of the molecule is O=C(O)N1CCN(c2ccccc2OC2CCCNC2)CC1. The Morgan fingerprint density at radius 2 is 2.00 bits per heavy atom. The van der Waals surface area contributed by atoms with Crippen molar-refractivity contribution < 1.29 is 14.6 Å². The van der Waals surface area contributed by atoms with Gasteiger partial charge in [0.25, 0.3) is 0 Å². The van der Waals surface area contributed by atoms with Gasteiger partial charge in [-0.2, -0.15) is 0 Å². The van der Waals surface area contributed by atoms with Crippen molar-refractivity contribution in [2.75, 3.05) is 44.2 Å². The van der Waals surface area contributed by atoms with Crippen molar-refractivity contribution >= 4 is 11.8 Å². The summed E-state index contributed by atoms with van der Waals surface area (Å²) in [7, 11) is 0. The van der Waals surface area contributed by atoms with Crippen LogP contribution in [-0.4, -0.2) is 61.5 Å². The standard InChI is InChI=1S/C16H23N3O3/c20-16(21)19-10-8-18(9-11-19)14-5-1-2-6-15(14)22-13-4-3-7-17-12-13/h1-2,5-6,13,17H,3-4,7-12H2,(H,20,21). The maximum absolute atomic E-state index is 11.0. The maximum Gasteiger partial charge on any atom is 0.407 e. The lowest BCUT2D eigenvalue weighted by Crippen LogP contribution is -2.48. The van der Waals surface area contributed by atoms with Crippen LogP contribution in [0.3, 0.4) is 0 Å². The van der Waals surface area contributed by atoms with Crippen molar-refractivity contribution in [1.82, 2.24) is 10.2 Å². The van der Waals surface area contributed by atoms with E-state index in [1.807, 2.05) is 18.2 Å². The molecule has 2 fully saturated rings. The van der Waals surface area contributed by atoms with E-state index in [1.165, 1.54) is 4.90 Å². The smallest absolute Gasteiger partial charge is 0.407 e. The van der Waals surface area contributed by atoms with Gasteiger partial charge in [-0.3, -0.25) is 0 Å². The molecule has 120 valence electrons. The van der Waals surface area contributed by atoms with Gasteiger partial charge in [-0.15, -0.1) is 0 Å². The van der Waals surface area contributed by atoms with Crippen molar-refractivity contribution in [2.24, 2.45) is 0 Å². The van der Waals surface area contributed by atoms with Gasteiger partial charge in [0.15, 0.2) is 0 Å². The van der Waals surface area contributed by atoms with Crippen LogP contribution in [0.2, 0.25) is 0 Å². The lowest BCUT2D eigenvalue weighted by molar-refractivity contribution is 0.142. The van der Waals surface area contributed by atoms with Crippen molar-refractivity contribution in [3.63, 3.8) is 0 Å². The predicted octanol–water partition coefficient (Wildman–Crippen LogP) is 1.62. The zero-order chi connectivity index (χ0) is 15.4. The Labute approximate surface area is 130 Å². The average Bonchev–Trinajstić information content (AvgIpc) is 2.56. The number of benzene rings is 1. The van der Waals surface area contributed by atoms with Gasteiger partial charge in [-0.05, 0) is 31.5 Å². The number of para-hydroxylation sites is 2. The van der Waals surface area contributed by atoms with Gasteiger partial charge in [0, 0.05) is 32.7 Å². The fourth-order valence-electron chi connectivity index (χ4n) is 3.06. The number of nitrogens with zero attached hydrogens (tertiary/aromatic N) is 2. The number of ether oxygens (including phenoxy) is 1. The minimum atomic E-state index is -0.836. The highest BCUT2D eigenvalue weighted by atomic mass is 16.5. The summed E-state index contributed by atoms with van der Waals surface area (Å²) in [5, 5.41) is 12.4. The predicted molar refractivity (Wildman–Crippen MR) is 84.8 cm³/mol. The first-order valence-electron chi connectivity index (χ1n) is 7.93. The van der Waals surface area contributed by atoms with Crippen LogP contribution in [0.4, 0.5) is 10.5 Å². The van der Waals surface area contributed by atoms with E-state index in [2.05, 4.69) is 16.3 Å². The van der Waals surface area contributed by atoms with Crippen LogP contribution in [0.5, 0.6) is 5.75 Å².